The van der Waals surface area contributed by atoms with Crippen LogP contribution in [0.1, 0.15) is 27.7 Å². The summed E-state index contributed by atoms with van der Waals surface area (Å²) in [6.45, 7) is 9.48. The van der Waals surface area contributed by atoms with E-state index >= 15 is 0 Å². The van der Waals surface area contributed by atoms with Gasteiger partial charge in [-0.1, -0.05) is 0 Å². The van der Waals surface area contributed by atoms with Gasteiger partial charge in [0.05, 0.1) is 0 Å². The van der Waals surface area contributed by atoms with Gasteiger partial charge in [-0.3, -0.25) is 0 Å². The van der Waals surface area contributed by atoms with E-state index in [1.807, 2.05) is 0 Å². The Balaban J connectivity index is 3.46. The van der Waals surface area contributed by atoms with Gasteiger partial charge in [0.1, 0.15) is 0 Å². The molecule has 0 unspecified atom stereocenters. The molecule has 0 saturated heterocycles. The van der Waals surface area contributed by atoms with E-state index in [0.29, 0.717) is 0 Å². The summed E-state index contributed by atoms with van der Waals surface area (Å²) >= 11 is -0.856. The van der Waals surface area contributed by atoms with Crippen LogP contribution in [0.25, 0.3) is 0 Å². The third-order valence-electron chi connectivity index (χ3n) is 1.82. The Morgan fingerprint density at radius 3 is 1.12 bits per heavy atom. The first-order valence-electron chi connectivity index (χ1n) is 3.39. The second-order valence-electron chi connectivity index (χ2n) is 3.05. The van der Waals surface area contributed by atoms with Gasteiger partial charge in [-0.2, -0.15) is 0 Å². The molecule has 0 heterocycles. The van der Waals surface area contributed by atoms with E-state index in [0.717, 1.165) is 7.87 Å². The fourth-order valence-electron chi connectivity index (χ4n) is 0.667. The summed E-state index contributed by atoms with van der Waals surface area (Å²) in [7, 11) is 0. The van der Waals surface area contributed by atoms with Crippen molar-refractivity contribution < 1.29 is 0 Å². The summed E-state index contributed by atoms with van der Waals surface area (Å²) in [6, 6.07) is 0. The van der Waals surface area contributed by atoms with E-state index in [4.69, 9.17) is 0 Å². The predicted molar refractivity (Wildman–Crippen MR) is 41.8 cm³/mol. The summed E-state index contributed by atoms with van der Waals surface area (Å²) in [6.07, 6.45) is 0. The Hall–Kier alpha value is 0.799. The molecule has 0 fully saturated rings. The SMILES string of the molecule is C[CH](C)[Sn]([CH3])[CH](C)C. The molecule has 0 aliphatic heterocycles. The van der Waals surface area contributed by atoms with Gasteiger partial charge in [-0.05, 0) is 0 Å². The van der Waals surface area contributed by atoms with Crippen molar-refractivity contribution in [2.24, 2.45) is 0 Å². The number of rotatable bonds is 2. The van der Waals surface area contributed by atoms with Crippen LogP contribution in [0.15, 0.2) is 0 Å². The zero-order valence-electron chi connectivity index (χ0n) is 6.65. The van der Waals surface area contributed by atoms with Crippen molar-refractivity contribution in [3.05, 3.63) is 0 Å². The summed E-state index contributed by atoms with van der Waals surface area (Å²) in [5.74, 6) is 0. The fourth-order valence-corrected chi connectivity index (χ4v) is 4.47. The van der Waals surface area contributed by atoms with E-state index in [1.165, 1.54) is 0 Å². The zero-order valence-corrected chi connectivity index (χ0v) is 9.51. The molecule has 0 rings (SSSR count). The van der Waals surface area contributed by atoms with E-state index in [1.54, 1.807) is 0 Å². The Bertz CT molecular complexity index is 49.4. The van der Waals surface area contributed by atoms with E-state index in [2.05, 4.69) is 32.6 Å². The van der Waals surface area contributed by atoms with Crippen LogP contribution in [-0.2, 0) is 0 Å². The molecule has 0 spiro atoms. The average Bonchev–Trinajstić information content (AvgIpc) is 1.64. The maximum absolute atomic E-state index is 2.51. The Morgan fingerprint density at radius 2 is 1.12 bits per heavy atom. The van der Waals surface area contributed by atoms with Gasteiger partial charge in [0.15, 0.2) is 0 Å². The van der Waals surface area contributed by atoms with Gasteiger partial charge in [0.25, 0.3) is 0 Å². The molecule has 0 N–H and O–H groups in total. The van der Waals surface area contributed by atoms with Crippen molar-refractivity contribution in [1.82, 2.24) is 0 Å². The van der Waals surface area contributed by atoms with Crippen molar-refractivity contribution >= 4 is 19.8 Å². The van der Waals surface area contributed by atoms with E-state index in [9.17, 15) is 0 Å². The summed E-state index contributed by atoms with van der Waals surface area (Å²) in [5, 5.41) is 0. The van der Waals surface area contributed by atoms with Gasteiger partial charge in [-0.15, -0.1) is 0 Å². The van der Waals surface area contributed by atoms with Crippen LogP contribution in [0.4, 0.5) is 0 Å². The minimum atomic E-state index is -0.856. The number of hydrogen-bond donors (Lipinski definition) is 0. The van der Waals surface area contributed by atoms with E-state index < -0.39 is 19.8 Å². The Kier molecular flexibility index (Phi) is 4.13. The molecule has 0 amide bonds. The molecule has 0 aromatic carbocycles. The molecular weight excluding hydrogens is 203 g/mol. The molecule has 0 aromatic heterocycles. The molecule has 8 heavy (non-hydrogen) atoms. The van der Waals surface area contributed by atoms with Crippen LogP contribution in [0.3, 0.4) is 0 Å². The van der Waals surface area contributed by atoms with Gasteiger partial charge < -0.3 is 0 Å². The van der Waals surface area contributed by atoms with Gasteiger partial charge in [0.2, 0.25) is 0 Å². The van der Waals surface area contributed by atoms with Crippen molar-refractivity contribution in [3.63, 3.8) is 0 Å². The van der Waals surface area contributed by atoms with E-state index in [-0.39, 0.29) is 0 Å². The average molecular weight is 220 g/mol. The van der Waals surface area contributed by atoms with Gasteiger partial charge in [-0.25, -0.2) is 0 Å². The van der Waals surface area contributed by atoms with Gasteiger partial charge in [0, 0.05) is 0 Å². The van der Waals surface area contributed by atoms with Crippen LogP contribution in [0.5, 0.6) is 0 Å². The molecule has 0 bridgehead atoms. The first-order valence-corrected chi connectivity index (χ1v) is 9.54. The summed E-state index contributed by atoms with van der Waals surface area (Å²) < 4.78 is 2.08. The van der Waals surface area contributed by atoms with Gasteiger partial charge >= 0.3 is 60.3 Å². The van der Waals surface area contributed by atoms with Crippen molar-refractivity contribution in [2.75, 3.05) is 0 Å². The topological polar surface area (TPSA) is 0 Å². The standard InChI is InChI=1S/2C3H7.CH3.Sn/c2*1-3-2;;/h2*3H,1-2H3;1H3;. The molecule has 0 atom stereocenters. The molecule has 0 nitrogen and oxygen atoms in total. The summed E-state index contributed by atoms with van der Waals surface area (Å²) in [5.41, 5.74) is 0. The second kappa shape index (κ2) is 3.75. The van der Waals surface area contributed by atoms with Crippen molar-refractivity contribution in [1.29, 1.82) is 0 Å². The molecule has 0 saturated carbocycles. The Labute approximate surface area is 60.4 Å². The molecule has 0 aliphatic rings. The normalized spacial score (nSPS) is 12.0. The number of hydrogen-bond acceptors (Lipinski definition) is 0. The third kappa shape index (κ3) is 2.95. The predicted octanol–water partition coefficient (Wildman–Crippen LogP) is 2.93. The first-order chi connectivity index (χ1) is 3.55. The van der Waals surface area contributed by atoms with Crippen LogP contribution < -0.4 is 0 Å². The maximum atomic E-state index is 2.51. The van der Waals surface area contributed by atoms with Crippen LogP contribution in [-0.4, -0.2) is 19.8 Å². The summed E-state index contributed by atoms with van der Waals surface area (Å²) in [4.78, 5) is 2.51. The molecule has 0 aliphatic carbocycles. The second-order valence-corrected chi connectivity index (χ2v) is 13.9. The minimum absolute atomic E-state index is 0.856. The molecule has 1 radical (unpaired) electrons. The quantitative estimate of drug-likeness (QED) is 0.627. The van der Waals surface area contributed by atoms with Crippen LogP contribution >= 0.6 is 0 Å². The third-order valence-corrected chi connectivity index (χ3v) is 12.2. The molecule has 49 valence electrons. The monoisotopic (exact) mass is 221 g/mol. The fraction of sp³-hybridized carbons (Fsp3) is 1.00. The molecule has 0 aromatic rings. The van der Waals surface area contributed by atoms with Crippen LogP contribution in [0, 0.1) is 0 Å². The molecular formula is C7H17Sn. The van der Waals surface area contributed by atoms with Crippen molar-refractivity contribution in [2.45, 2.75) is 40.5 Å². The van der Waals surface area contributed by atoms with Crippen LogP contribution in [0.2, 0.25) is 12.8 Å². The zero-order chi connectivity index (χ0) is 6.73. The first kappa shape index (κ1) is 8.80. The molecule has 1 heteroatoms. The van der Waals surface area contributed by atoms with Crippen molar-refractivity contribution in [3.8, 4) is 0 Å². The Morgan fingerprint density at radius 1 is 0.875 bits per heavy atom.